The van der Waals surface area contributed by atoms with E-state index in [0.29, 0.717) is 19.6 Å². The number of hydrogen-bond acceptors (Lipinski definition) is 6. The summed E-state index contributed by atoms with van der Waals surface area (Å²) >= 11 is 0. The van der Waals surface area contributed by atoms with Crippen molar-refractivity contribution in [2.75, 3.05) is 54.6 Å². The minimum absolute atomic E-state index is 0.109. The van der Waals surface area contributed by atoms with Crippen LogP contribution in [0.3, 0.4) is 0 Å². The SMILES string of the molecule is O=C(CNC1CCS(=O)(=O)C1)Nc1ccccc1N1CCOCC1. The molecule has 1 aromatic rings. The van der Waals surface area contributed by atoms with Crippen molar-refractivity contribution in [1.82, 2.24) is 5.32 Å². The van der Waals surface area contributed by atoms with E-state index in [2.05, 4.69) is 15.5 Å². The van der Waals surface area contributed by atoms with Gasteiger partial charge in [-0.2, -0.15) is 0 Å². The van der Waals surface area contributed by atoms with Crippen LogP contribution >= 0.6 is 0 Å². The molecule has 2 aliphatic rings. The van der Waals surface area contributed by atoms with Gasteiger partial charge < -0.3 is 20.3 Å². The highest BCUT2D eigenvalue weighted by Gasteiger charge is 2.27. The van der Waals surface area contributed by atoms with E-state index in [-0.39, 0.29) is 30.0 Å². The van der Waals surface area contributed by atoms with E-state index >= 15 is 0 Å². The Hall–Kier alpha value is -1.64. The number of carbonyl (C=O) groups excluding carboxylic acids is 1. The second-order valence-corrected chi connectivity index (χ2v) is 8.37. The zero-order valence-corrected chi connectivity index (χ0v) is 14.3. The van der Waals surface area contributed by atoms with Crippen molar-refractivity contribution in [3.63, 3.8) is 0 Å². The van der Waals surface area contributed by atoms with Crippen molar-refractivity contribution in [2.24, 2.45) is 0 Å². The smallest absolute Gasteiger partial charge is 0.238 e. The predicted molar refractivity (Wildman–Crippen MR) is 93.2 cm³/mol. The molecule has 0 aliphatic carbocycles. The lowest BCUT2D eigenvalue weighted by Crippen LogP contribution is -2.38. The lowest BCUT2D eigenvalue weighted by atomic mass is 10.2. The van der Waals surface area contributed by atoms with Gasteiger partial charge in [0.05, 0.1) is 42.6 Å². The van der Waals surface area contributed by atoms with Gasteiger partial charge in [0.2, 0.25) is 5.91 Å². The van der Waals surface area contributed by atoms with Crippen molar-refractivity contribution < 1.29 is 17.9 Å². The average molecular weight is 353 g/mol. The number of carbonyl (C=O) groups is 1. The summed E-state index contributed by atoms with van der Waals surface area (Å²) in [7, 11) is -2.94. The second kappa shape index (κ2) is 7.50. The van der Waals surface area contributed by atoms with Crippen molar-refractivity contribution in [3.8, 4) is 0 Å². The summed E-state index contributed by atoms with van der Waals surface area (Å²) in [6, 6.07) is 7.56. The maximum Gasteiger partial charge on any atom is 0.238 e. The van der Waals surface area contributed by atoms with E-state index in [0.717, 1.165) is 24.5 Å². The van der Waals surface area contributed by atoms with Gasteiger partial charge in [0.25, 0.3) is 0 Å². The number of anilines is 2. The molecule has 1 amide bonds. The van der Waals surface area contributed by atoms with Gasteiger partial charge in [-0.1, -0.05) is 12.1 Å². The van der Waals surface area contributed by atoms with Crippen LogP contribution in [-0.2, 0) is 19.4 Å². The van der Waals surface area contributed by atoms with Gasteiger partial charge in [-0.25, -0.2) is 8.42 Å². The predicted octanol–water partition coefficient (Wildman–Crippen LogP) is 0.238. The number of sulfone groups is 1. The molecule has 2 N–H and O–H groups in total. The van der Waals surface area contributed by atoms with Gasteiger partial charge in [0.15, 0.2) is 9.84 Å². The molecule has 3 rings (SSSR count). The number of rotatable bonds is 5. The van der Waals surface area contributed by atoms with Gasteiger partial charge >= 0.3 is 0 Å². The van der Waals surface area contributed by atoms with Crippen LogP contribution in [0, 0.1) is 0 Å². The Labute approximate surface area is 142 Å². The fourth-order valence-electron chi connectivity index (χ4n) is 3.05. The standard InChI is InChI=1S/C16H23N3O4S/c20-16(11-17-13-5-10-24(21,22)12-13)18-14-3-1-2-4-15(14)19-6-8-23-9-7-19/h1-4,13,17H,5-12H2,(H,18,20). The Balaban J connectivity index is 1.56. The molecule has 2 heterocycles. The summed E-state index contributed by atoms with van der Waals surface area (Å²) in [5.41, 5.74) is 1.75. The van der Waals surface area contributed by atoms with Gasteiger partial charge in [0.1, 0.15) is 0 Å². The maximum absolute atomic E-state index is 12.2. The van der Waals surface area contributed by atoms with Gasteiger partial charge in [-0.3, -0.25) is 4.79 Å². The molecule has 24 heavy (non-hydrogen) atoms. The van der Waals surface area contributed by atoms with Crippen molar-refractivity contribution in [1.29, 1.82) is 0 Å². The number of amides is 1. The van der Waals surface area contributed by atoms with Crippen LogP contribution in [0.25, 0.3) is 0 Å². The summed E-state index contributed by atoms with van der Waals surface area (Å²) in [6.45, 7) is 3.06. The lowest BCUT2D eigenvalue weighted by molar-refractivity contribution is -0.115. The number of nitrogens with one attached hydrogen (secondary N) is 2. The Morgan fingerprint density at radius 1 is 1.25 bits per heavy atom. The van der Waals surface area contributed by atoms with Gasteiger partial charge in [0, 0.05) is 19.1 Å². The highest BCUT2D eigenvalue weighted by molar-refractivity contribution is 7.91. The Bertz CT molecular complexity index is 686. The van der Waals surface area contributed by atoms with Crippen LogP contribution in [0.2, 0.25) is 0 Å². The number of benzene rings is 1. The molecule has 132 valence electrons. The molecule has 2 aliphatic heterocycles. The van der Waals surface area contributed by atoms with E-state index in [1.165, 1.54) is 0 Å². The topological polar surface area (TPSA) is 87.7 Å². The zero-order chi connectivity index (χ0) is 17.0. The fraction of sp³-hybridized carbons (Fsp3) is 0.562. The van der Waals surface area contributed by atoms with E-state index < -0.39 is 9.84 Å². The normalized spacial score (nSPS) is 23.2. The molecule has 0 bridgehead atoms. The molecule has 7 nitrogen and oxygen atoms in total. The summed E-state index contributed by atoms with van der Waals surface area (Å²) in [6.07, 6.45) is 0.569. The minimum atomic E-state index is -2.94. The van der Waals surface area contributed by atoms with Crippen LogP contribution in [0.15, 0.2) is 24.3 Å². The molecule has 0 saturated carbocycles. The monoisotopic (exact) mass is 353 g/mol. The molecule has 1 unspecified atom stereocenters. The highest BCUT2D eigenvalue weighted by atomic mass is 32.2. The van der Waals surface area contributed by atoms with Crippen molar-refractivity contribution >= 4 is 27.1 Å². The summed E-state index contributed by atoms with van der Waals surface area (Å²) in [5, 5.41) is 5.95. The third-order valence-corrected chi connectivity index (χ3v) is 6.08. The van der Waals surface area contributed by atoms with E-state index in [1.54, 1.807) is 0 Å². The Morgan fingerprint density at radius 3 is 2.71 bits per heavy atom. The minimum Gasteiger partial charge on any atom is -0.378 e. The third kappa shape index (κ3) is 4.46. The van der Waals surface area contributed by atoms with Crippen LogP contribution in [0.1, 0.15) is 6.42 Å². The van der Waals surface area contributed by atoms with E-state index in [4.69, 9.17) is 4.74 Å². The van der Waals surface area contributed by atoms with Crippen LogP contribution in [-0.4, -0.2) is 64.7 Å². The third-order valence-electron chi connectivity index (χ3n) is 4.31. The summed E-state index contributed by atoms with van der Waals surface area (Å²) in [4.78, 5) is 14.4. The molecule has 0 spiro atoms. The summed E-state index contributed by atoms with van der Waals surface area (Å²) in [5.74, 6) is 0.150. The molecule has 0 radical (unpaired) electrons. The van der Waals surface area contributed by atoms with Gasteiger partial charge in [-0.05, 0) is 18.6 Å². The summed E-state index contributed by atoms with van der Waals surface area (Å²) < 4.78 is 28.2. The molecule has 1 atom stereocenters. The first-order valence-electron chi connectivity index (χ1n) is 8.19. The first kappa shape index (κ1) is 17.2. The second-order valence-electron chi connectivity index (χ2n) is 6.15. The first-order chi connectivity index (χ1) is 11.5. The van der Waals surface area contributed by atoms with E-state index in [9.17, 15) is 13.2 Å². The molecular formula is C16H23N3O4S. The van der Waals surface area contributed by atoms with Crippen molar-refractivity contribution in [3.05, 3.63) is 24.3 Å². The highest BCUT2D eigenvalue weighted by Crippen LogP contribution is 2.26. The van der Waals surface area contributed by atoms with Crippen LogP contribution in [0.4, 0.5) is 11.4 Å². The Morgan fingerprint density at radius 2 is 2.00 bits per heavy atom. The molecule has 2 fully saturated rings. The largest absolute Gasteiger partial charge is 0.378 e. The lowest BCUT2D eigenvalue weighted by Gasteiger charge is -2.30. The van der Waals surface area contributed by atoms with Gasteiger partial charge in [-0.15, -0.1) is 0 Å². The number of nitrogens with zero attached hydrogens (tertiary/aromatic N) is 1. The average Bonchev–Trinajstić information content (AvgIpc) is 2.93. The van der Waals surface area contributed by atoms with Crippen LogP contribution < -0.4 is 15.5 Å². The van der Waals surface area contributed by atoms with Crippen LogP contribution in [0.5, 0.6) is 0 Å². The molecular weight excluding hydrogens is 330 g/mol. The first-order valence-corrected chi connectivity index (χ1v) is 10.0. The maximum atomic E-state index is 12.2. The molecule has 1 aromatic carbocycles. The number of morpholine rings is 1. The number of ether oxygens (including phenoxy) is 1. The quantitative estimate of drug-likeness (QED) is 0.788. The van der Waals surface area contributed by atoms with Crippen molar-refractivity contribution in [2.45, 2.75) is 12.5 Å². The zero-order valence-electron chi connectivity index (χ0n) is 13.5. The molecule has 2 saturated heterocycles. The number of hydrogen-bond donors (Lipinski definition) is 2. The molecule has 8 heteroatoms. The van der Waals surface area contributed by atoms with E-state index in [1.807, 2.05) is 24.3 Å². The number of para-hydroxylation sites is 2. The fourth-order valence-corrected chi connectivity index (χ4v) is 4.75. The molecule has 0 aromatic heterocycles. The Kier molecular flexibility index (Phi) is 5.37.